The number of rotatable bonds is 7. The maximum absolute atomic E-state index is 5.53. The Morgan fingerprint density at radius 3 is 2.91 bits per heavy atom. The standard InChI is InChI=1S/C16H24N4O2S/c1-19(2)14(15-4-3-7-22-15)12-17-10-13-11-18-16(23-13)20-5-8-21-9-6-20/h3-4,7,11,14,17H,5-6,8-10,12H2,1-2H3. The average molecular weight is 336 g/mol. The molecular weight excluding hydrogens is 312 g/mol. The molecule has 2 aromatic rings. The molecule has 1 aliphatic heterocycles. The van der Waals surface area contributed by atoms with Crippen molar-refractivity contribution in [2.45, 2.75) is 12.6 Å². The van der Waals surface area contributed by atoms with Gasteiger partial charge in [-0.1, -0.05) is 0 Å². The fraction of sp³-hybridized carbons (Fsp3) is 0.562. The normalized spacial score (nSPS) is 16.9. The molecule has 0 amide bonds. The van der Waals surface area contributed by atoms with Crippen LogP contribution in [0.5, 0.6) is 0 Å². The molecule has 126 valence electrons. The maximum Gasteiger partial charge on any atom is 0.185 e. The first-order valence-electron chi connectivity index (χ1n) is 7.92. The van der Waals surface area contributed by atoms with Gasteiger partial charge in [0.1, 0.15) is 5.76 Å². The molecule has 2 aromatic heterocycles. The number of hydrogen-bond acceptors (Lipinski definition) is 7. The lowest BCUT2D eigenvalue weighted by Gasteiger charge is -2.26. The molecule has 3 rings (SSSR count). The van der Waals surface area contributed by atoms with E-state index in [1.807, 2.05) is 18.3 Å². The van der Waals surface area contributed by atoms with Crippen LogP contribution < -0.4 is 10.2 Å². The summed E-state index contributed by atoms with van der Waals surface area (Å²) in [6.45, 7) is 5.11. The van der Waals surface area contributed by atoms with Gasteiger partial charge < -0.3 is 19.4 Å². The summed E-state index contributed by atoms with van der Waals surface area (Å²) in [7, 11) is 4.14. The van der Waals surface area contributed by atoms with Gasteiger partial charge in [0.25, 0.3) is 0 Å². The molecule has 0 saturated carbocycles. The Balaban J connectivity index is 1.51. The number of nitrogens with one attached hydrogen (secondary N) is 1. The zero-order chi connectivity index (χ0) is 16.1. The van der Waals surface area contributed by atoms with Gasteiger partial charge in [-0.05, 0) is 26.2 Å². The molecule has 7 heteroatoms. The fourth-order valence-electron chi connectivity index (χ4n) is 2.63. The minimum Gasteiger partial charge on any atom is -0.468 e. The van der Waals surface area contributed by atoms with Crippen molar-refractivity contribution >= 4 is 16.5 Å². The second-order valence-electron chi connectivity index (χ2n) is 5.83. The number of thiazole rings is 1. The molecule has 0 spiro atoms. The highest BCUT2D eigenvalue weighted by Gasteiger charge is 2.17. The van der Waals surface area contributed by atoms with Crippen LogP contribution >= 0.6 is 11.3 Å². The van der Waals surface area contributed by atoms with Gasteiger partial charge in [-0.25, -0.2) is 4.98 Å². The first kappa shape index (κ1) is 16.4. The van der Waals surface area contributed by atoms with Gasteiger partial charge >= 0.3 is 0 Å². The van der Waals surface area contributed by atoms with Gasteiger partial charge in [0.05, 0.1) is 25.5 Å². The molecule has 23 heavy (non-hydrogen) atoms. The van der Waals surface area contributed by atoms with E-state index in [1.54, 1.807) is 17.6 Å². The summed E-state index contributed by atoms with van der Waals surface area (Å²) in [5.74, 6) is 0.987. The van der Waals surface area contributed by atoms with Gasteiger partial charge in [-0.3, -0.25) is 4.90 Å². The lowest BCUT2D eigenvalue weighted by molar-refractivity contribution is 0.122. The number of ether oxygens (including phenoxy) is 1. The largest absolute Gasteiger partial charge is 0.468 e. The van der Waals surface area contributed by atoms with E-state index in [-0.39, 0.29) is 6.04 Å². The summed E-state index contributed by atoms with van der Waals surface area (Å²) in [6.07, 6.45) is 3.70. The minimum absolute atomic E-state index is 0.233. The van der Waals surface area contributed by atoms with Gasteiger partial charge in [-0.2, -0.15) is 0 Å². The molecule has 1 N–H and O–H groups in total. The molecule has 0 aliphatic carbocycles. The number of aromatic nitrogens is 1. The third kappa shape index (κ3) is 4.32. The maximum atomic E-state index is 5.53. The van der Waals surface area contributed by atoms with Crippen molar-refractivity contribution in [2.24, 2.45) is 0 Å². The molecule has 0 radical (unpaired) electrons. The molecule has 6 nitrogen and oxygen atoms in total. The average Bonchev–Trinajstić information content (AvgIpc) is 3.24. The smallest absolute Gasteiger partial charge is 0.185 e. The third-order valence-electron chi connectivity index (χ3n) is 3.95. The van der Waals surface area contributed by atoms with Crippen molar-refractivity contribution in [1.82, 2.24) is 15.2 Å². The van der Waals surface area contributed by atoms with E-state index < -0.39 is 0 Å². The van der Waals surface area contributed by atoms with E-state index in [0.717, 1.165) is 50.3 Å². The monoisotopic (exact) mass is 336 g/mol. The predicted molar refractivity (Wildman–Crippen MR) is 92.0 cm³/mol. The van der Waals surface area contributed by atoms with Gasteiger partial charge in [0, 0.05) is 37.3 Å². The number of likely N-dealkylation sites (N-methyl/N-ethyl adjacent to an activating group) is 1. The third-order valence-corrected chi connectivity index (χ3v) is 5.01. The second kappa shape index (κ2) is 7.92. The molecule has 1 fully saturated rings. The van der Waals surface area contributed by atoms with Crippen molar-refractivity contribution in [3.05, 3.63) is 35.2 Å². The Hall–Kier alpha value is -1.41. The second-order valence-corrected chi connectivity index (χ2v) is 6.93. The first-order valence-corrected chi connectivity index (χ1v) is 8.73. The van der Waals surface area contributed by atoms with E-state index in [1.165, 1.54) is 4.88 Å². The Bertz CT molecular complexity index is 579. The number of furan rings is 1. The number of morpholine rings is 1. The lowest BCUT2D eigenvalue weighted by atomic mass is 10.2. The SMILES string of the molecule is CN(C)C(CNCc1cnc(N2CCOCC2)s1)c1ccco1. The lowest BCUT2D eigenvalue weighted by Crippen LogP contribution is -2.36. The van der Waals surface area contributed by atoms with Crippen molar-refractivity contribution in [2.75, 3.05) is 51.8 Å². The summed E-state index contributed by atoms with van der Waals surface area (Å²) < 4.78 is 10.9. The summed E-state index contributed by atoms with van der Waals surface area (Å²) >= 11 is 1.76. The molecule has 3 heterocycles. The quantitative estimate of drug-likeness (QED) is 0.834. The van der Waals surface area contributed by atoms with Gasteiger partial charge in [-0.15, -0.1) is 11.3 Å². The van der Waals surface area contributed by atoms with Crippen LogP contribution in [0.25, 0.3) is 0 Å². The fourth-order valence-corrected chi connectivity index (χ4v) is 3.56. The molecule has 0 aromatic carbocycles. The Morgan fingerprint density at radius 2 is 2.22 bits per heavy atom. The van der Waals surface area contributed by atoms with Crippen molar-refractivity contribution in [1.29, 1.82) is 0 Å². The van der Waals surface area contributed by atoms with Crippen molar-refractivity contribution in [3.63, 3.8) is 0 Å². The zero-order valence-corrected chi connectivity index (χ0v) is 14.5. The van der Waals surface area contributed by atoms with E-state index >= 15 is 0 Å². The van der Waals surface area contributed by atoms with Crippen LogP contribution in [0.15, 0.2) is 29.0 Å². The summed E-state index contributed by atoms with van der Waals surface area (Å²) in [6, 6.07) is 4.19. The molecular formula is C16H24N4O2S. The van der Waals surface area contributed by atoms with E-state index in [0.29, 0.717) is 0 Å². The van der Waals surface area contributed by atoms with Crippen LogP contribution in [-0.2, 0) is 11.3 Å². The van der Waals surface area contributed by atoms with Crippen LogP contribution in [0.4, 0.5) is 5.13 Å². The van der Waals surface area contributed by atoms with Crippen LogP contribution in [-0.4, -0.2) is 56.8 Å². The molecule has 1 aliphatic rings. The topological polar surface area (TPSA) is 53.8 Å². The number of nitrogens with zero attached hydrogens (tertiary/aromatic N) is 3. The van der Waals surface area contributed by atoms with Crippen LogP contribution in [0.3, 0.4) is 0 Å². The van der Waals surface area contributed by atoms with Crippen molar-refractivity contribution in [3.8, 4) is 0 Å². The van der Waals surface area contributed by atoms with Crippen LogP contribution in [0.1, 0.15) is 16.7 Å². The first-order chi connectivity index (χ1) is 11.2. The highest BCUT2D eigenvalue weighted by Crippen LogP contribution is 2.23. The molecule has 1 saturated heterocycles. The summed E-state index contributed by atoms with van der Waals surface area (Å²) in [5, 5.41) is 4.61. The number of hydrogen-bond donors (Lipinski definition) is 1. The Kier molecular flexibility index (Phi) is 5.66. The van der Waals surface area contributed by atoms with Crippen LogP contribution in [0.2, 0.25) is 0 Å². The molecule has 1 atom stereocenters. The van der Waals surface area contributed by atoms with Crippen LogP contribution in [0, 0.1) is 0 Å². The number of anilines is 1. The van der Waals surface area contributed by atoms with Gasteiger partial charge in [0.2, 0.25) is 0 Å². The molecule has 1 unspecified atom stereocenters. The minimum atomic E-state index is 0.233. The van der Waals surface area contributed by atoms with E-state index in [9.17, 15) is 0 Å². The summed E-state index contributed by atoms with van der Waals surface area (Å²) in [4.78, 5) is 10.3. The van der Waals surface area contributed by atoms with E-state index in [4.69, 9.17) is 9.15 Å². The predicted octanol–water partition coefficient (Wildman–Crippen LogP) is 1.97. The zero-order valence-electron chi connectivity index (χ0n) is 13.7. The highest BCUT2D eigenvalue weighted by molar-refractivity contribution is 7.15. The van der Waals surface area contributed by atoms with Crippen molar-refractivity contribution < 1.29 is 9.15 Å². The Morgan fingerprint density at radius 1 is 1.39 bits per heavy atom. The van der Waals surface area contributed by atoms with E-state index in [2.05, 4.69) is 34.2 Å². The molecule has 0 bridgehead atoms. The Labute approximate surface area is 141 Å². The highest BCUT2D eigenvalue weighted by atomic mass is 32.1. The van der Waals surface area contributed by atoms with Gasteiger partial charge in [0.15, 0.2) is 5.13 Å². The summed E-state index contributed by atoms with van der Waals surface area (Å²) in [5.41, 5.74) is 0.